The number of aryl methyl sites for hydroxylation is 1. The molecular weight excluding hydrogens is 464 g/mol. The Labute approximate surface area is 209 Å². The quantitative estimate of drug-likeness (QED) is 0.374. The Balaban J connectivity index is 1.88. The van der Waals surface area contributed by atoms with E-state index in [1.54, 1.807) is 0 Å². The van der Waals surface area contributed by atoms with Crippen molar-refractivity contribution >= 4 is 28.9 Å². The zero-order valence-corrected chi connectivity index (χ0v) is 21.1. The molecule has 36 heavy (non-hydrogen) atoms. The molecule has 0 heterocycles. The van der Waals surface area contributed by atoms with Crippen LogP contribution in [-0.4, -0.2) is 57.6 Å². The van der Waals surface area contributed by atoms with Crippen LogP contribution in [-0.2, 0) is 27.2 Å². The van der Waals surface area contributed by atoms with E-state index in [1.807, 2.05) is 25.1 Å². The third kappa shape index (κ3) is 3.77. The first-order valence-electron chi connectivity index (χ1n) is 12.3. The number of Topliss-reactive ketones (excluding diaryl/α,β-unsaturated/α-hetero) is 2. The van der Waals surface area contributed by atoms with Gasteiger partial charge in [0.2, 0.25) is 5.78 Å². The van der Waals surface area contributed by atoms with Gasteiger partial charge in [0.05, 0.1) is 5.56 Å². The molecule has 0 aliphatic heterocycles. The summed E-state index contributed by atoms with van der Waals surface area (Å²) in [6, 6.07) is 1.91. The van der Waals surface area contributed by atoms with Gasteiger partial charge >= 0.3 is 0 Å². The van der Waals surface area contributed by atoms with Gasteiger partial charge in [0.15, 0.2) is 11.4 Å². The number of hydrogen-bond acceptors (Lipinski definition) is 8. The van der Waals surface area contributed by atoms with Gasteiger partial charge in [-0.15, -0.1) is 0 Å². The van der Waals surface area contributed by atoms with Crippen LogP contribution in [0, 0.1) is 17.8 Å². The molecule has 1 fully saturated rings. The summed E-state index contributed by atoms with van der Waals surface area (Å²) in [7, 11) is 3.72. The molecule has 0 bridgehead atoms. The predicted octanol–water partition coefficient (Wildman–Crippen LogP) is 2.47. The van der Waals surface area contributed by atoms with Crippen molar-refractivity contribution in [1.82, 2.24) is 0 Å². The number of carbonyl (C=O) groups is 3. The van der Waals surface area contributed by atoms with Crippen molar-refractivity contribution in [3.63, 3.8) is 0 Å². The number of phenols is 1. The molecule has 0 spiro atoms. The van der Waals surface area contributed by atoms with Gasteiger partial charge < -0.3 is 31.1 Å². The Morgan fingerprint density at radius 2 is 1.86 bits per heavy atom. The highest BCUT2D eigenvalue weighted by molar-refractivity contribution is 6.22. The molecule has 3 aliphatic carbocycles. The Morgan fingerprint density at radius 1 is 1.19 bits per heavy atom. The van der Waals surface area contributed by atoms with Crippen molar-refractivity contribution in [2.24, 2.45) is 23.5 Å². The van der Waals surface area contributed by atoms with E-state index in [0.29, 0.717) is 29.9 Å². The van der Waals surface area contributed by atoms with Crippen LogP contribution in [0.1, 0.15) is 56.2 Å². The summed E-state index contributed by atoms with van der Waals surface area (Å²) in [6.45, 7) is 4.24. The molecule has 0 aromatic heterocycles. The smallest absolute Gasteiger partial charge is 0.255 e. The first kappa shape index (κ1) is 25.8. The summed E-state index contributed by atoms with van der Waals surface area (Å²) in [5.41, 5.74) is 4.05. The number of hydrogen-bond donors (Lipinski definition) is 5. The fourth-order valence-electron chi connectivity index (χ4n) is 6.01. The fourth-order valence-corrected chi connectivity index (χ4v) is 6.01. The highest BCUT2D eigenvalue weighted by Crippen LogP contribution is 2.53. The van der Waals surface area contributed by atoms with Gasteiger partial charge in [0, 0.05) is 37.7 Å². The Kier molecular flexibility index (Phi) is 6.41. The standard InChI is InChI=1S/C27H34N2O7/c1-12(2)6-5-7-13-10-17(29(3)4)16-9-14-8-15-11-18(30)21(26(28)35)25(34)27(15,36)24(33)19(14)23(32)20(16)22(13)31/h10,12,14-15,31-32,34,36H,5-9,11H2,1-4H3,(H2,28,35)/t14-,15+,27+/m1/s1. The molecular formula is C27H34N2O7. The lowest BCUT2D eigenvalue weighted by Crippen LogP contribution is -2.58. The molecule has 1 saturated carbocycles. The Hall–Kier alpha value is -3.33. The number of fused-ring (bicyclic) bond motifs is 3. The van der Waals surface area contributed by atoms with Crippen molar-refractivity contribution in [2.45, 2.75) is 58.0 Å². The van der Waals surface area contributed by atoms with Crippen LogP contribution in [0.3, 0.4) is 0 Å². The second-order valence-electron chi connectivity index (χ2n) is 10.8. The van der Waals surface area contributed by atoms with Crippen LogP contribution in [0.2, 0.25) is 0 Å². The molecule has 0 radical (unpaired) electrons. The maximum absolute atomic E-state index is 13.7. The fraction of sp³-hybridized carbons (Fsp3) is 0.519. The topological polar surface area (TPSA) is 161 Å². The average Bonchev–Trinajstić information content (AvgIpc) is 2.77. The van der Waals surface area contributed by atoms with E-state index < -0.39 is 52.0 Å². The Bertz CT molecular complexity index is 1230. The second-order valence-corrected chi connectivity index (χ2v) is 10.8. The summed E-state index contributed by atoms with van der Waals surface area (Å²) < 4.78 is 0. The minimum Gasteiger partial charge on any atom is -0.508 e. The molecule has 1 aromatic rings. The first-order chi connectivity index (χ1) is 16.8. The maximum Gasteiger partial charge on any atom is 0.255 e. The van der Waals surface area contributed by atoms with Gasteiger partial charge in [-0.25, -0.2) is 0 Å². The molecule has 9 nitrogen and oxygen atoms in total. The number of nitrogens with two attached hydrogens (primary N) is 1. The van der Waals surface area contributed by atoms with E-state index in [-0.39, 0.29) is 29.7 Å². The lowest BCUT2D eigenvalue weighted by atomic mass is 9.59. The van der Waals surface area contributed by atoms with Crippen molar-refractivity contribution in [2.75, 3.05) is 19.0 Å². The van der Waals surface area contributed by atoms with Crippen molar-refractivity contribution in [3.05, 3.63) is 39.7 Å². The van der Waals surface area contributed by atoms with Crippen molar-refractivity contribution in [1.29, 1.82) is 0 Å². The Morgan fingerprint density at radius 3 is 2.44 bits per heavy atom. The number of carbonyl (C=O) groups excluding carboxylic acids is 3. The minimum absolute atomic E-state index is 0.110. The van der Waals surface area contributed by atoms with E-state index in [9.17, 15) is 34.8 Å². The van der Waals surface area contributed by atoms with E-state index in [0.717, 1.165) is 18.5 Å². The van der Waals surface area contributed by atoms with Crippen LogP contribution in [0.25, 0.3) is 5.76 Å². The summed E-state index contributed by atoms with van der Waals surface area (Å²) >= 11 is 0. The number of ketones is 2. The van der Waals surface area contributed by atoms with E-state index in [1.165, 1.54) is 0 Å². The lowest BCUT2D eigenvalue weighted by molar-refractivity contribution is -0.147. The molecule has 194 valence electrons. The van der Waals surface area contributed by atoms with E-state index in [2.05, 4.69) is 13.8 Å². The molecule has 3 aliphatic rings. The number of phenolic OH excluding ortho intramolecular Hbond substituents is 1. The molecule has 3 atom stereocenters. The zero-order chi connectivity index (χ0) is 26.7. The lowest BCUT2D eigenvalue weighted by Gasteiger charge is -2.46. The van der Waals surface area contributed by atoms with Gasteiger partial charge in [-0.2, -0.15) is 0 Å². The third-order valence-electron chi connectivity index (χ3n) is 7.83. The number of primary amides is 1. The monoisotopic (exact) mass is 498 g/mol. The van der Waals surface area contributed by atoms with E-state index >= 15 is 0 Å². The van der Waals surface area contributed by atoms with Crippen LogP contribution in [0.15, 0.2) is 23.0 Å². The van der Waals surface area contributed by atoms with Crippen LogP contribution in [0.5, 0.6) is 5.75 Å². The van der Waals surface area contributed by atoms with Gasteiger partial charge in [-0.05, 0) is 54.7 Å². The summed E-state index contributed by atoms with van der Waals surface area (Å²) in [4.78, 5) is 39.8. The number of aliphatic hydroxyl groups is 3. The highest BCUT2D eigenvalue weighted by Gasteiger charge is 2.60. The molecule has 0 unspecified atom stereocenters. The summed E-state index contributed by atoms with van der Waals surface area (Å²) in [5, 5.41) is 44.6. The third-order valence-corrected chi connectivity index (χ3v) is 7.83. The summed E-state index contributed by atoms with van der Waals surface area (Å²) in [6.07, 6.45) is 2.46. The van der Waals surface area contributed by atoms with Gasteiger partial charge in [-0.1, -0.05) is 20.3 Å². The predicted molar refractivity (Wildman–Crippen MR) is 133 cm³/mol. The van der Waals surface area contributed by atoms with Crippen LogP contribution >= 0.6 is 0 Å². The van der Waals surface area contributed by atoms with Gasteiger partial charge in [-0.3, -0.25) is 14.4 Å². The van der Waals surface area contributed by atoms with Crippen molar-refractivity contribution in [3.8, 4) is 5.75 Å². The molecule has 6 N–H and O–H groups in total. The zero-order valence-electron chi connectivity index (χ0n) is 21.1. The average molecular weight is 499 g/mol. The number of aliphatic hydroxyl groups excluding tert-OH is 2. The maximum atomic E-state index is 13.7. The highest BCUT2D eigenvalue weighted by atomic mass is 16.3. The number of rotatable bonds is 6. The number of anilines is 1. The largest absolute Gasteiger partial charge is 0.508 e. The minimum atomic E-state index is -2.55. The summed E-state index contributed by atoms with van der Waals surface area (Å²) in [5.74, 6) is -5.59. The van der Waals surface area contributed by atoms with Crippen LogP contribution in [0.4, 0.5) is 5.69 Å². The van der Waals surface area contributed by atoms with Crippen LogP contribution < -0.4 is 10.6 Å². The van der Waals surface area contributed by atoms with E-state index in [4.69, 9.17) is 5.73 Å². The SMILES string of the molecule is CC(C)CCCc1cc(N(C)C)c2c(c1O)C(O)=C1C(=O)[C@]3(O)C(O)=C(C(N)=O)C(=O)C[C@@H]3C[C@@H]1C2. The number of nitrogens with zero attached hydrogens (tertiary/aromatic N) is 1. The molecule has 4 rings (SSSR count). The molecule has 0 saturated heterocycles. The van der Waals surface area contributed by atoms with Gasteiger partial charge in [0.1, 0.15) is 22.8 Å². The first-order valence-corrected chi connectivity index (χ1v) is 12.3. The van der Waals surface area contributed by atoms with Gasteiger partial charge in [0.25, 0.3) is 5.91 Å². The normalized spacial score (nSPS) is 25.6. The second kappa shape index (κ2) is 8.96. The van der Waals surface area contributed by atoms with Crippen molar-refractivity contribution < 1.29 is 34.8 Å². The number of aromatic hydroxyl groups is 1. The molecule has 1 amide bonds. The number of amides is 1. The molecule has 9 heteroatoms. The number of benzene rings is 1. The molecule has 1 aromatic carbocycles.